The monoisotopic (exact) mass is 492 g/mol. The molecule has 7 heteroatoms. The van der Waals surface area contributed by atoms with Gasteiger partial charge in [-0.05, 0) is 67.4 Å². The molecule has 1 aromatic carbocycles. The van der Waals surface area contributed by atoms with Gasteiger partial charge in [-0.2, -0.15) is 0 Å². The number of fused-ring (bicyclic) bond motifs is 2. The summed E-state index contributed by atoms with van der Waals surface area (Å²) in [4.78, 5) is 31.2. The van der Waals surface area contributed by atoms with Gasteiger partial charge in [0.05, 0.1) is 12.3 Å². The highest BCUT2D eigenvalue weighted by Gasteiger charge is 2.67. The van der Waals surface area contributed by atoms with Crippen LogP contribution in [-0.4, -0.2) is 41.2 Å². The Morgan fingerprint density at radius 3 is 2.83 bits per heavy atom. The first-order valence-electron chi connectivity index (χ1n) is 12.9. The number of aliphatic hydroxyl groups excluding tert-OH is 1. The lowest BCUT2D eigenvalue weighted by atomic mass is 9.51. The zero-order chi connectivity index (χ0) is 25.3. The minimum atomic E-state index is -1.23. The maximum absolute atomic E-state index is 13.6. The highest BCUT2D eigenvalue weighted by molar-refractivity contribution is 6.04. The predicted molar refractivity (Wildman–Crippen MR) is 134 cm³/mol. The second-order valence-corrected chi connectivity index (χ2v) is 10.4. The maximum Gasteiger partial charge on any atom is 0.322 e. The number of nitrogens with zero attached hydrogens (tertiary/aromatic N) is 1. The predicted octanol–water partition coefficient (Wildman–Crippen LogP) is 4.38. The van der Waals surface area contributed by atoms with Gasteiger partial charge in [0, 0.05) is 24.2 Å². The quantitative estimate of drug-likeness (QED) is 0.462. The molecule has 1 aliphatic heterocycles. The number of esters is 1. The number of carbonyl (C=O) groups is 2. The van der Waals surface area contributed by atoms with Crippen molar-refractivity contribution in [2.24, 2.45) is 29.1 Å². The second-order valence-electron chi connectivity index (χ2n) is 10.4. The van der Waals surface area contributed by atoms with Crippen molar-refractivity contribution >= 4 is 18.0 Å². The number of hydrogen-bond acceptors (Lipinski definition) is 5. The summed E-state index contributed by atoms with van der Waals surface area (Å²) < 4.78 is 19.3. The van der Waals surface area contributed by atoms with Crippen molar-refractivity contribution in [3.8, 4) is 11.1 Å². The number of ether oxygens (including phenoxy) is 1. The van der Waals surface area contributed by atoms with E-state index in [4.69, 9.17) is 4.74 Å². The fraction of sp³-hybridized carbons (Fsp3) is 0.483. The van der Waals surface area contributed by atoms with Crippen LogP contribution < -0.4 is 5.32 Å². The summed E-state index contributed by atoms with van der Waals surface area (Å²) in [5, 5.41) is 12.0. The highest BCUT2D eigenvalue weighted by atomic mass is 19.1. The Morgan fingerprint density at radius 2 is 2.08 bits per heavy atom. The smallest absolute Gasteiger partial charge is 0.322 e. The van der Waals surface area contributed by atoms with E-state index in [0.29, 0.717) is 12.3 Å². The lowest BCUT2D eigenvalue weighted by Crippen LogP contribution is -2.57. The van der Waals surface area contributed by atoms with E-state index in [1.54, 1.807) is 12.3 Å². The maximum atomic E-state index is 13.6. The number of aromatic nitrogens is 1. The molecule has 2 saturated carbocycles. The van der Waals surface area contributed by atoms with Crippen molar-refractivity contribution in [3.63, 3.8) is 0 Å². The van der Waals surface area contributed by atoms with Gasteiger partial charge in [-0.25, -0.2) is 4.39 Å². The van der Waals surface area contributed by atoms with E-state index in [1.165, 1.54) is 12.1 Å². The number of pyridine rings is 1. The van der Waals surface area contributed by atoms with Crippen molar-refractivity contribution < 1.29 is 23.8 Å². The first kappa shape index (κ1) is 24.6. The Morgan fingerprint density at radius 1 is 1.25 bits per heavy atom. The van der Waals surface area contributed by atoms with E-state index in [9.17, 15) is 19.1 Å². The van der Waals surface area contributed by atoms with Crippen LogP contribution in [0.1, 0.15) is 44.7 Å². The van der Waals surface area contributed by atoms with Gasteiger partial charge >= 0.3 is 5.97 Å². The van der Waals surface area contributed by atoms with Crippen LogP contribution >= 0.6 is 0 Å². The van der Waals surface area contributed by atoms with E-state index in [0.717, 1.165) is 42.5 Å². The summed E-state index contributed by atoms with van der Waals surface area (Å²) in [6.45, 7) is 1.83. The number of nitrogens with one attached hydrogen (secondary N) is 1. The molecule has 0 unspecified atom stereocenters. The minimum absolute atomic E-state index is 0.00456. The molecule has 2 aliphatic carbocycles. The molecule has 2 heterocycles. The van der Waals surface area contributed by atoms with E-state index >= 15 is 0 Å². The number of hydrogen-bond donors (Lipinski definition) is 2. The van der Waals surface area contributed by atoms with Crippen LogP contribution in [0.25, 0.3) is 17.2 Å². The Labute approximate surface area is 211 Å². The number of carbonyl (C=O) groups excluding carboxylic acids is 2. The minimum Gasteiger partial charge on any atom is -0.461 e. The van der Waals surface area contributed by atoms with Crippen LogP contribution in [0.2, 0.25) is 0 Å². The molecule has 0 bridgehead atoms. The first-order chi connectivity index (χ1) is 17.4. The van der Waals surface area contributed by atoms with Crippen molar-refractivity contribution in [1.29, 1.82) is 0 Å². The summed E-state index contributed by atoms with van der Waals surface area (Å²) in [6, 6.07) is 10.2. The van der Waals surface area contributed by atoms with E-state index in [-0.39, 0.29) is 48.7 Å². The van der Waals surface area contributed by atoms with Gasteiger partial charge in [-0.15, -0.1) is 0 Å². The molecule has 190 valence electrons. The van der Waals surface area contributed by atoms with Crippen LogP contribution in [0.5, 0.6) is 0 Å². The zero-order valence-electron chi connectivity index (χ0n) is 20.5. The highest BCUT2D eigenvalue weighted by Crippen LogP contribution is 2.59. The zero-order valence-corrected chi connectivity index (χ0v) is 20.5. The van der Waals surface area contributed by atoms with Gasteiger partial charge in [0.1, 0.15) is 11.9 Å². The van der Waals surface area contributed by atoms with Gasteiger partial charge in [-0.1, -0.05) is 43.5 Å². The number of rotatable bonds is 6. The molecule has 0 spiro atoms. The SMILES string of the molecule is C[C@H]1OC(=O)[C@]2(C(=O)NCCO)C[C@@H]3CCCC[C@H]3[C@H](/C=C/c3ccc(-c4cccc(F)c4)cn3)[C@H]12. The topological polar surface area (TPSA) is 88.5 Å². The fourth-order valence-corrected chi connectivity index (χ4v) is 6.90. The summed E-state index contributed by atoms with van der Waals surface area (Å²) in [5.74, 6) is -0.676. The van der Waals surface area contributed by atoms with Gasteiger partial charge in [0.2, 0.25) is 5.91 Å². The van der Waals surface area contributed by atoms with Crippen LogP contribution in [0.4, 0.5) is 4.39 Å². The molecule has 36 heavy (non-hydrogen) atoms. The molecule has 0 radical (unpaired) electrons. The summed E-state index contributed by atoms with van der Waals surface area (Å²) in [5.41, 5.74) is 1.14. The lowest BCUT2D eigenvalue weighted by molar-refractivity contribution is -0.158. The van der Waals surface area contributed by atoms with Crippen LogP contribution in [-0.2, 0) is 14.3 Å². The normalized spacial score (nSPS) is 31.5. The van der Waals surface area contributed by atoms with Crippen molar-refractivity contribution in [2.45, 2.75) is 45.1 Å². The average molecular weight is 493 g/mol. The van der Waals surface area contributed by atoms with Crippen molar-refractivity contribution in [2.75, 3.05) is 13.2 Å². The standard InChI is InChI=1S/C29H33FN2O4/c1-18-26-25(12-11-23-10-9-21(17-32-23)19-6-4-7-22(30)15-19)24-8-3-2-5-20(24)16-29(26,28(35)36-18)27(34)31-13-14-33/h4,6-7,9-12,15,17-18,20,24-26,33H,2-3,5,8,13-14,16H2,1H3,(H,31,34)/b12-11+/t18-,20+,24-,25+,26+,29-/m1/s1. The second kappa shape index (κ2) is 10.1. The average Bonchev–Trinajstić information content (AvgIpc) is 3.15. The molecule has 5 rings (SSSR count). The Bertz CT molecular complexity index is 1150. The number of aliphatic hydroxyl groups is 1. The van der Waals surface area contributed by atoms with E-state index < -0.39 is 11.4 Å². The van der Waals surface area contributed by atoms with Crippen LogP contribution in [0, 0.1) is 34.9 Å². The molecular weight excluding hydrogens is 459 g/mol. The van der Waals surface area contributed by atoms with Gasteiger partial charge in [0.15, 0.2) is 5.41 Å². The van der Waals surface area contributed by atoms with Crippen molar-refractivity contribution in [1.82, 2.24) is 10.3 Å². The van der Waals surface area contributed by atoms with Crippen LogP contribution in [0.15, 0.2) is 48.7 Å². The summed E-state index contributed by atoms with van der Waals surface area (Å²) in [7, 11) is 0. The third-order valence-electron chi connectivity index (χ3n) is 8.43. The molecule has 6 nitrogen and oxygen atoms in total. The summed E-state index contributed by atoms with van der Waals surface area (Å²) in [6.07, 6.45) is 10.3. The van der Waals surface area contributed by atoms with Gasteiger partial charge in [-0.3, -0.25) is 14.6 Å². The van der Waals surface area contributed by atoms with Crippen molar-refractivity contribution in [3.05, 3.63) is 60.2 Å². The number of cyclic esters (lactones) is 1. The number of allylic oxidation sites excluding steroid dienone is 1. The largest absolute Gasteiger partial charge is 0.461 e. The molecule has 3 aliphatic rings. The van der Waals surface area contributed by atoms with E-state index in [1.807, 2.05) is 31.2 Å². The number of halogens is 1. The molecular formula is C29H33FN2O4. The van der Waals surface area contributed by atoms with E-state index in [2.05, 4.69) is 16.4 Å². The third kappa shape index (κ3) is 4.34. The van der Waals surface area contributed by atoms with Gasteiger partial charge < -0.3 is 15.2 Å². The molecule has 6 atom stereocenters. The molecule has 2 aromatic rings. The Balaban J connectivity index is 1.46. The molecule has 1 aromatic heterocycles. The van der Waals surface area contributed by atoms with Crippen LogP contribution in [0.3, 0.4) is 0 Å². The van der Waals surface area contributed by atoms with Gasteiger partial charge in [0.25, 0.3) is 0 Å². The summed E-state index contributed by atoms with van der Waals surface area (Å²) >= 11 is 0. The molecule has 2 N–H and O–H groups in total. The Hall–Kier alpha value is -3.06. The fourth-order valence-electron chi connectivity index (χ4n) is 6.90. The first-order valence-corrected chi connectivity index (χ1v) is 12.9. The number of amides is 1. The number of benzene rings is 1. The Kier molecular flexibility index (Phi) is 6.93. The lowest BCUT2D eigenvalue weighted by Gasteiger charge is -2.50. The molecule has 1 saturated heterocycles. The molecule has 3 fully saturated rings. The third-order valence-corrected chi connectivity index (χ3v) is 8.43. The molecule has 1 amide bonds.